The van der Waals surface area contributed by atoms with Crippen LogP contribution >= 0.6 is 11.6 Å². The molecule has 12 heteroatoms. The lowest BCUT2D eigenvalue weighted by molar-refractivity contribution is -0.139. The molecule has 2 amide bonds. The Hall–Kier alpha value is -3.41. The number of hydrogen-bond donors (Lipinski definition) is 1. The molecule has 42 heavy (non-hydrogen) atoms. The maximum Gasteiger partial charge on any atom is 0.408 e. The summed E-state index contributed by atoms with van der Waals surface area (Å²) < 4.78 is 28.2. The molecule has 7 unspecified atom stereocenters. The van der Waals surface area contributed by atoms with E-state index >= 15 is 0 Å². The third-order valence-corrected chi connectivity index (χ3v) is 8.84. The second kappa shape index (κ2) is 12.4. The SMILES string of the molecule is COc1cc2cc(c1Cl)N(C)C(=O)CC(OC=O)C1(C)OC1C(C)C1CC(C=O)(NC(=O)O1)C(OC)C=CC=C(C)C2. The summed E-state index contributed by atoms with van der Waals surface area (Å²) in [7, 11) is 4.55. The van der Waals surface area contributed by atoms with Crippen molar-refractivity contribution in [3.63, 3.8) is 0 Å². The summed E-state index contributed by atoms with van der Waals surface area (Å²) in [4.78, 5) is 51.7. The summed E-state index contributed by atoms with van der Waals surface area (Å²) in [5, 5.41) is 2.92. The third kappa shape index (κ3) is 6.04. The fourth-order valence-electron chi connectivity index (χ4n) is 5.91. The van der Waals surface area contributed by atoms with Crippen molar-refractivity contribution in [1.82, 2.24) is 5.32 Å². The summed E-state index contributed by atoms with van der Waals surface area (Å²) >= 11 is 6.62. The quantitative estimate of drug-likeness (QED) is 0.396. The first-order valence-electron chi connectivity index (χ1n) is 13.6. The van der Waals surface area contributed by atoms with Crippen LogP contribution in [0.2, 0.25) is 5.02 Å². The Balaban J connectivity index is 1.80. The number of aldehydes is 1. The van der Waals surface area contributed by atoms with Crippen LogP contribution in [0, 0.1) is 5.92 Å². The Kier molecular flexibility index (Phi) is 9.34. The summed E-state index contributed by atoms with van der Waals surface area (Å²) in [5.41, 5.74) is -0.217. The van der Waals surface area contributed by atoms with Crippen LogP contribution in [0.4, 0.5) is 10.5 Å². The van der Waals surface area contributed by atoms with E-state index in [9.17, 15) is 19.2 Å². The number of benzene rings is 1. The second-order valence-electron chi connectivity index (χ2n) is 11.3. The zero-order valence-electron chi connectivity index (χ0n) is 24.5. The third-order valence-electron chi connectivity index (χ3n) is 8.46. The fourth-order valence-corrected chi connectivity index (χ4v) is 6.22. The fraction of sp³-hybridized carbons (Fsp3) is 0.533. The first-order chi connectivity index (χ1) is 19.9. The van der Waals surface area contributed by atoms with Crippen LogP contribution in [-0.2, 0) is 39.8 Å². The van der Waals surface area contributed by atoms with Crippen molar-refractivity contribution in [1.29, 1.82) is 0 Å². The van der Waals surface area contributed by atoms with Crippen LogP contribution in [0.15, 0.2) is 35.9 Å². The van der Waals surface area contributed by atoms with Crippen molar-refractivity contribution in [3.8, 4) is 5.75 Å². The van der Waals surface area contributed by atoms with Gasteiger partial charge in [-0.25, -0.2) is 4.79 Å². The van der Waals surface area contributed by atoms with Crippen molar-refractivity contribution < 1.29 is 42.9 Å². The van der Waals surface area contributed by atoms with Crippen molar-refractivity contribution in [3.05, 3.63) is 46.5 Å². The van der Waals surface area contributed by atoms with E-state index < -0.39 is 47.6 Å². The molecule has 1 aromatic rings. The molecule has 3 aliphatic rings. The van der Waals surface area contributed by atoms with E-state index in [4.69, 9.17) is 35.3 Å². The highest BCUT2D eigenvalue weighted by molar-refractivity contribution is 6.35. The van der Waals surface area contributed by atoms with E-state index in [2.05, 4.69) is 5.32 Å². The highest BCUT2D eigenvalue weighted by Crippen LogP contribution is 2.49. The van der Waals surface area contributed by atoms with Gasteiger partial charge in [0.05, 0.1) is 25.3 Å². The molecule has 0 spiro atoms. The van der Waals surface area contributed by atoms with Crippen LogP contribution in [0.3, 0.4) is 0 Å². The molecule has 0 aromatic heterocycles. The highest BCUT2D eigenvalue weighted by Gasteiger charge is 2.64. The van der Waals surface area contributed by atoms with Crippen molar-refractivity contribution in [2.24, 2.45) is 5.92 Å². The summed E-state index contributed by atoms with van der Waals surface area (Å²) in [6.45, 7) is 5.78. The number of carbonyl (C=O) groups is 4. The smallest absolute Gasteiger partial charge is 0.408 e. The van der Waals surface area contributed by atoms with Gasteiger partial charge in [0.15, 0.2) is 0 Å². The minimum atomic E-state index is -1.40. The maximum atomic E-state index is 13.5. The molecule has 11 nitrogen and oxygen atoms in total. The van der Waals surface area contributed by atoms with Gasteiger partial charge in [0.1, 0.15) is 46.5 Å². The Bertz CT molecular complexity index is 1300. The molecule has 0 aliphatic carbocycles. The maximum absolute atomic E-state index is 13.5. The molecule has 2 fully saturated rings. The number of fused-ring (bicyclic) bond motifs is 5. The molecule has 7 atom stereocenters. The molecule has 3 aliphatic heterocycles. The second-order valence-corrected chi connectivity index (χ2v) is 11.6. The largest absolute Gasteiger partial charge is 0.495 e. The number of carbonyl (C=O) groups excluding carboxylic acids is 4. The van der Waals surface area contributed by atoms with Gasteiger partial charge in [-0.05, 0) is 38.0 Å². The van der Waals surface area contributed by atoms with Crippen molar-refractivity contribution in [2.75, 3.05) is 26.2 Å². The van der Waals surface area contributed by atoms with Gasteiger partial charge in [-0.15, -0.1) is 0 Å². The topological polar surface area (TPSA) is 133 Å². The minimum absolute atomic E-state index is 0.107. The lowest BCUT2D eigenvalue weighted by atomic mass is 9.79. The van der Waals surface area contributed by atoms with E-state index in [0.717, 1.165) is 11.1 Å². The number of alkyl carbamates (subject to hydrolysis) is 1. The van der Waals surface area contributed by atoms with E-state index in [-0.39, 0.29) is 30.2 Å². The zero-order valence-corrected chi connectivity index (χ0v) is 25.3. The number of rotatable bonds is 5. The number of hydrogen-bond acceptors (Lipinski definition) is 9. The first-order valence-corrected chi connectivity index (χ1v) is 14.0. The monoisotopic (exact) mass is 604 g/mol. The van der Waals surface area contributed by atoms with Gasteiger partial charge in [-0.1, -0.05) is 42.3 Å². The number of ether oxygens (including phenoxy) is 5. The summed E-state index contributed by atoms with van der Waals surface area (Å²) in [5.74, 6) is -0.386. The molecule has 0 saturated carbocycles. The lowest BCUT2D eigenvalue weighted by Crippen LogP contribution is -2.64. The number of amides is 2. The van der Waals surface area contributed by atoms with Gasteiger partial charge >= 0.3 is 6.09 Å². The van der Waals surface area contributed by atoms with Gasteiger partial charge in [0.2, 0.25) is 5.91 Å². The van der Waals surface area contributed by atoms with E-state index in [1.165, 1.54) is 19.1 Å². The predicted octanol–water partition coefficient (Wildman–Crippen LogP) is 3.55. The van der Waals surface area contributed by atoms with E-state index in [1.54, 1.807) is 32.2 Å². The van der Waals surface area contributed by atoms with Crippen LogP contribution in [0.1, 0.15) is 39.2 Å². The van der Waals surface area contributed by atoms with Crippen LogP contribution < -0.4 is 15.0 Å². The number of allylic oxidation sites excluding steroid dienone is 3. The van der Waals surface area contributed by atoms with Gasteiger partial charge in [0, 0.05) is 26.5 Å². The summed E-state index contributed by atoms with van der Waals surface area (Å²) in [6.07, 6.45) is 2.66. The van der Waals surface area contributed by atoms with Crippen molar-refractivity contribution >= 4 is 42.0 Å². The Morgan fingerprint density at radius 1 is 1.21 bits per heavy atom. The zero-order chi connectivity index (χ0) is 30.8. The van der Waals surface area contributed by atoms with Gasteiger partial charge in [-0.2, -0.15) is 0 Å². The minimum Gasteiger partial charge on any atom is -0.495 e. The predicted molar refractivity (Wildman–Crippen MR) is 154 cm³/mol. The first kappa shape index (κ1) is 31.5. The Morgan fingerprint density at radius 3 is 2.60 bits per heavy atom. The molecule has 4 bridgehead atoms. The lowest BCUT2D eigenvalue weighted by Gasteiger charge is -2.42. The van der Waals surface area contributed by atoms with Crippen molar-refractivity contribution in [2.45, 2.75) is 75.6 Å². The number of epoxide rings is 1. The van der Waals surface area contributed by atoms with Crippen LogP contribution in [0.25, 0.3) is 0 Å². The summed E-state index contributed by atoms with van der Waals surface area (Å²) in [6, 6.07) is 3.61. The number of halogens is 1. The average Bonchev–Trinajstić information content (AvgIpc) is 3.66. The normalized spacial score (nSPS) is 33.5. The molecule has 4 rings (SSSR count). The number of anilines is 1. The molecule has 3 heterocycles. The van der Waals surface area contributed by atoms with Crippen LogP contribution in [0.5, 0.6) is 5.75 Å². The van der Waals surface area contributed by atoms with Gasteiger partial charge in [-0.3, -0.25) is 9.59 Å². The van der Waals surface area contributed by atoms with Gasteiger partial charge in [0.25, 0.3) is 6.47 Å². The van der Waals surface area contributed by atoms with E-state index in [0.29, 0.717) is 24.1 Å². The Morgan fingerprint density at radius 2 is 1.95 bits per heavy atom. The number of methoxy groups -OCH3 is 2. The van der Waals surface area contributed by atoms with Gasteiger partial charge < -0.3 is 38.7 Å². The molecule has 1 aromatic carbocycles. The number of nitrogens with one attached hydrogen (secondary N) is 1. The molecule has 2 saturated heterocycles. The Labute approximate surface area is 250 Å². The molecule has 1 N–H and O–H groups in total. The highest BCUT2D eigenvalue weighted by atomic mass is 35.5. The van der Waals surface area contributed by atoms with E-state index in [1.807, 2.05) is 26.0 Å². The standard InChI is InChI=1S/C30H37ClN2O9/c1-17-8-7-9-23(39-6)30(15-34)14-22(41-28(37)32-30)18(2)27-29(3,42-27)24(40-16-35)13-25(36)33(4)20-11-19(10-17)12-21(38-5)26(20)31/h7-9,11-12,15-16,18,22-24,27H,10,13-14H2,1-6H3,(H,32,37). The van der Waals surface area contributed by atoms with Crippen LogP contribution in [-0.4, -0.2) is 81.6 Å². The molecular weight excluding hydrogens is 568 g/mol. The molecule has 0 radical (unpaired) electrons. The number of nitrogens with zero attached hydrogens (tertiary/aromatic N) is 1. The average molecular weight is 605 g/mol. The molecular formula is C30H37ClN2O9. The molecule has 228 valence electrons.